The average Bonchev–Trinajstić information content (AvgIpc) is 3.45. The number of benzene rings is 2. The van der Waals surface area contributed by atoms with E-state index < -0.39 is 41.9 Å². The molecule has 4 amide bonds. The van der Waals surface area contributed by atoms with Crippen LogP contribution in [0.4, 0.5) is 0 Å². The van der Waals surface area contributed by atoms with Crippen LogP contribution in [0.1, 0.15) is 69.9 Å². The molecule has 2 aromatic rings. The number of nitrogens with zero attached hydrogens (tertiary/aromatic N) is 1. The molecular formula is C37H57N9O5. The zero-order chi connectivity index (χ0) is 37.3. The Kier molecular flexibility index (Phi) is 16.7. The van der Waals surface area contributed by atoms with Gasteiger partial charge < -0.3 is 48.5 Å². The number of nitrogens with two attached hydrogens (primary N) is 3. The number of likely N-dealkylation sites (tertiary alicyclic amines) is 1. The van der Waals surface area contributed by atoms with Gasteiger partial charge in [-0.15, -0.1) is 0 Å². The minimum atomic E-state index is -1.08. The summed E-state index contributed by atoms with van der Waals surface area (Å²) in [6, 6.07) is 12.1. The van der Waals surface area contributed by atoms with Gasteiger partial charge in [-0.1, -0.05) is 55.8 Å². The maximum atomic E-state index is 14.2. The first-order valence-electron chi connectivity index (χ1n) is 18.0. The summed E-state index contributed by atoms with van der Waals surface area (Å²) in [6.07, 6.45) is 4.13. The van der Waals surface area contributed by atoms with Crippen LogP contribution >= 0.6 is 0 Å². The third-order valence-electron chi connectivity index (χ3n) is 9.54. The van der Waals surface area contributed by atoms with Crippen LogP contribution in [-0.2, 0) is 32.0 Å². The number of aryl methyl sites for hydroxylation is 1. The predicted molar refractivity (Wildman–Crippen MR) is 197 cm³/mol. The van der Waals surface area contributed by atoms with Gasteiger partial charge in [0.2, 0.25) is 23.6 Å². The Balaban J connectivity index is 1.84. The Morgan fingerprint density at radius 1 is 0.843 bits per heavy atom. The average molecular weight is 708 g/mol. The Labute approximate surface area is 301 Å². The number of guanidine groups is 1. The van der Waals surface area contributed by atoms with E-state index in [1.807, 2.05) is 42.2 Å². The molecule has 1 heterocycles. The highest BCUT2D eigenvalue weighted by atomic mass is 16.3. The zero-order valence-corrected chi connectivity index (χ0v) is 29.9. The summed E-state index contributed by atoms with van der Waals surface area (Å²) < 4.78 is 0. The van der Waals surface area contributed by atoms with E-state index in [9.17, 15) is 24.3 Å². The van der Waals surface area contributed by atoms with Crippen molar-refractivity contribution in [1.82, 2.24) is 26.2 Å². The molecule has 51 heavy (non-hydrogen) atoms. The van der Waals surface area contributed by atoms with E-state index in [4.69, 9.17) is 22.6 Å². The molecule has 1 aliphatic rings. The Bertz CT molecular complexity index is 1430. The Hall–Kier alpha value is -4.69. The van der Waals surface area contributed by atoms with E-state index in [-0.39, 0.29) is 36.5 Å². The molecule has 0 bridgehead atoms. The fourth-order valence-electron chi connectivity index (χ4n) is 6.16. The number of carbonyl (C=O) groups excluding carboxylic acids is 4. The zero-order valence-electron chi connectivity index (χ0n) is 29.9. The normalized spacial score (nSPS) is 17.8. The molecule has 6 atom stereocenters. The first-order valence-corrected chi connectivity index (χ1v) is 18.0. The molecule has 0 unspecified atom stereocenters. The smallest absolute Gasteiger partial charge is 0.245 e. The third-order valence-corrected chi connectivity index (χ3v) is 9.54. The predicted octanol–water partition coefficient (Wildman–Crippen LogP) is 0.998. The number of phenols is 1. The minimum Gasteiger partial charge on any atom is -0.508 e. The van der Waals surface area contributed by atoms with Crippen LogP contribution in [0.3, 0.4) is 0 Å². The SMILES string of the molecule is C[C@@H]1CCN(C(=O)[C@H](CCc2ccc(O)cc2)NC(=O)[C@H](Cc2ccccc2)NC(=O)[C@H](CCCNC(=N)N)NC(=O)[C@H](N)CCCCN)[C@@H]1C. The molecule has 2 aromatic carbocycles. The monoisotopic (exact) mass is 707 g/mol. The number of hydrogen-bond donors (Lipinski definition) is 9. The number of hydrogen-bond acceptors (Lipinski definition) is 8. The van der Waals surface area contributed by atoms with E-state index in [1.54, 1.807) is 24.3 Å². The molecule has 1 aliphatic heterocycles. The number of carbonyl (C=O) groups is 4. The van der Waals surface area contributed by atoms with Crippen molar-refractivity contribution in [2.24, 2.45) is 23.1 Å². The topological polar surface area (TPSA) is 242 Å². The lowest BCUT2D eigenvalue weighted by molar-refractivity contribution is -0.138. The van der Waals surface area contributed by atoms with Gasteiger partial charge in [-0.05, 0) is 87.6 Å². The second-order valence-electron chi connectivity index (χ2n) is 13.5. The molecule has 0 saturated carbocycles. The fourth-order valence-corrected chi connectivity index (χ4v) is 6.16. The van der Waals surface area contributed by atoms with E-state index >= 15 is 0 Å². The lowest BCUT2D eigenvalue weighted by atomic mass is 10.0. The van der Waals surface area contributed by atoms with Gasteiger partial charge in [-0.25, -0.2) is 0 Å². The number of nitrogens with one attached hydrogen (secondary N) is 5. The molecule has 3 rings (SSSR count). The van der Waals surface area contributed by atoms with Gasteiger partial charge in [0, 0.05) is 25.6 Å². The maximum absolute atomic E-state index is 14.2. The number of unbranched alkanes of at least 4 members (excludes halogenated alkanes) is 1. The van der Waals surface area contributed by atoms with Gasteiger partial charge in [-0.2, -0.15) is 0 Å². The second kappa shape index (κ2) is 20.9. The summed E-state index contributed by atoms with van der Waals surface area (Å²) in [5.74, 6) is -1.55. The maximum Gasteiger partial charge on any atom is 0.245 e. The van der Waals surface area contributed by atoms with Crippen molar-refractivity contribution in [2.45, 2.75) is 102 Å². The number of phenolic OH excluding ortho intramolecular Hbond substituents is 1. The third kappa shape index (κ3) is 13.5. The minimum absolute atomic E-state index is 0.00827. The fraction of sp³-hybridized carbons (Fsp3) is 0.541. The van der Waals surface area contributed by atoms with Crippen molar-refractivity contribution in [2.75, 3.05) is 19.6 Å². The summed E-state index contributed by atoms with van der Waals surface area (Å²) in [7, 11) is 0. The molecule has 0 aliphatic carbocycles. The molecule has 0 aromatic heterocycles. The highest BCUT2D eigenvalue weighted by molar-refractivity contribution is 5.95. The van der Waals surface area contributed by atoms with Crippen molar-refractivity contribution >= 4 is 29.6 Å². The first-order chi connectivity index (χ1) is 24.4. The van der Waals surface area contributed by atoms with E-state index in [1.165, 1.54) is 0 Å². The summed E-state index contributed by atoms with van der Waals surface area (Å²) in [5.41, 5.74) is 18.8. The molecule has 12 N–H and O–H groups in total. The van der Waals surface area contributed by atoms with E-state index in [0.717, 1.165) is 17.5 Å². The number of rotatable bonds is 20. The summed E-state index contributed by atoms with van der Waals surface area (Å²) in [6.45, 7) is 5.48. The van der Waals surface area contributed by atoms with Crippen molar-refractivity contribution < 1.29 is 24.3 Å². The summed E-state index contributed by atoms with van der Waals surface area (Å²) in [4.78, 5) is 56.9. The summed E-state index contributed by atoms with van der Waals surface area (Å²) >= 11 is 0. The van der Waals surface area contributed by atoms with Crippen LogP contribution in [0.2, 0.25) is 0 Å². The largest absolute Gasteiger partial charge is 0.508 e. The van der Waals surface area contributed by atoms with Gasteiger partial charge in [0.15, 0.2) is 5.96 Å². The van der Waals surface area contributed by atoms with Crippen molar-refractivity contribution in [3.05, 3.63) is 65.7 Å². The molecule has 14 nitrogen and oxygen atoms in total. The molecule has 14 heteroatoms. The van der Waals surface area contributed by atoms with Crippen molar-refractivity contribution in [1.29, 1.82) is 5.41 Å². The molecule has 0 spiro atoms. The quantitative estimate of drug-likeness (QED) is 0.0541. The van der Waals surface area contributed by atoms with Crippen molar-refractivity contribution in [3.8, 4) is 5.75 Å². The Morgan fingerprint density at radius 3 is 2.12 bits per heavy atom. The van der Waals surface area contributed by atoms with Gasteiger partial charge in [0.1, 0.15) is 23.9 Å². The highest BCUT2D eigenvalue weighted by Crippen LogP contribution is 2.25. The van der Waals surface area contributed by atoms with Gasteiger partial charge in [0.05, 0.1) is 6.04 Å². The van der Waals surface area contributed by atoms with Crippen LogP contribution in [0.15, 0.2) is 54.6 Å². The lowest BCUT2D eigenvalue weighted by Gasteiger charge is -2.30. The Morgan fingerprint density at radius 2 is 1.49 bits per heavy atom. The van der Waals surface area contributed by atoms with Gasteiger partial charge in [-0.3, -0.25) is 24.6 Å². The van der Waals surface area contributed by atoms with Crippen LogP contribution in [0, 0.1) is 11.3 Å². The molecular weight excluding hydrogens is 650 g/mol. The molecule has 1 saturated heterocycles. The van der Waals surface area contributed by atoms with Gasteiger partial charge >= 0.3 is 0 Å². The van der Waals surface area contributed by atoms with Crippen LogP contribution in [-0.4, -0.2) is 89.4 Å². The molecule has 0 radical (unpaired) electrons. The highest BCUT2D eigenvalue weighted by Gasteiger charge is 2.36. The molecule has 1 fully saturated rings. The van der Waals surface area contributed by atoms with Crippen molar-refractivity contribution in [3.63, 3.8) is 0 Å². The summed E-state index contributed by atoms with van der Waals surface area (Å²) in [5, 5.41) is 28.4. The first kappa shape index (κ1) is 40.7. The van der Waals surface area contributed by atoms with Crippen LogP contribution in [0.25, 0.3) is 0 Å². The number of amides is 4. The van der Waals surface area contributed by atoms with Gasteiger partial charge in [0.25, 0.3) is 0 Å². The number of aromatic hydroxyl groups is 1. The van der Waals surface area contributed by atoms with E-state index in [2.05, 4.69) is 28.2 Å². The molecule has 280 valence electrons. The lowest BCUT2D eigenvalue weighted by Crippen LogP contribution is -2.58. The van der Waals surface area contributed by atoms with Crippen LogP contribution < -0.4 is 38.5 Å². The second-order valence-corrected chi connectivity index (χ2v) is 13.5. The van der Waals surface area contributed by atoms with Crippen LogP contribution in [0.5, 0.6) is 5.75 Å². The standard InChI is InChI=1S/C37H57N9O5/c1-24-19-22-46(25(24)2)36(51)31(18-15-26-13-16-28(47)17-14-26)44-35(50)32(23-27-9-4-3-5-10-27)45-34(49)30(12-8-21-42-37(40)41)43-33(48)29(39)11-6-7-20-38/h3-5,9-10,13-14,16-17,24-25,29-32,47H,6-8,11-12,15,18-23,38-39H2,1-2H3,(H,43,48)(H,44,50)(H,45,49)(H4,40,41,42)/t24-,25-,29-,30+,31+,32+/m1/s1. The van der Waals surface area contributed by atoms with E-state index in [0.29, 0.717) is 64.1 Å².